The van der Waals surface area contributed by atoms with Gasteiger partial charge in [-0.25, -0.2) is 0 Å². The number of halogens is 2. The van der Waals surface area contributed by atoms with Gasteiger partial charge in [0, 0.05) is 29.3 Å². The minimum absolute atomic E-state index is 1.23. The summed E-state index contributed by atoms with van der Waals surface area (Å²) >= 11 is 12.8. The lowest BCUT2D eigenvalue weighted by molar-refractivity contribution is 0.577. The Morgan fingerprint density at radius 1 is 0.381 bits per heavy atom. The molecule has 4 aromatic rings. The van der Waals surface area contributed by atoms with Gasteiger partial charge in [0.1, 0.15) is 0 Å². The number of hydrogen-bond acceptors (Lipinski definition) is 4. The van der Waals surface area contributed by atoms with Crippen LogP contribution in [-0.4, -0.2) is 8.86 Å². The van der Waals surface area contributed by atoms with Crippen LogP contribution in [0, 0.1) is 0 Å². The van der Waals surface area contributed by atoms with E-state index in [2.05, 4.69) is 92.3 Å². The normalized spacial score (nSPS) is 11.6. The second-order valence-corrected chi connectivity index (χ2v) is 17.6. The highest BCUT2D eigenvalue weighted by atomic mass is 127. The van der Waals surface area contributed by atoms with Crippen molar-refractivity contribution in [2.45, 2.75) is 116 Å². The molecule has 6 heteroatoms. The quantitative estimate of drug-likeness (QED) is 0.0396. The van der Waals surface area contributed by atoms with Gasteiger partial charge in [0.2, 0.25) is 0 Å². The first-order chi connectivity index (χ1) is 20.8. The smallest absolute Gasteiger partial charge is 0.0474 e. The summed E-state index contributed by atoms with van der Waals surface area (Å²) in [5.74, 6) is 0. The lowest BCUT2D eigenvalue weighted by atomic mass is 10.0. The van der Waals surface area contributed by atoms with Crippen LogP contribution >= 0.6 is 90.5 Å². The van der Waals surface area contributed by atoms with Gasteiger partial charge < -0.3 is 0 Å². The zero-order valence-corrected chi connectivity index (χ0v) is 32.7. The monoisotopic (exact) mass is 862 g/mol. The van der Waals surface area contributed by atoms with Crippen LogP contribution < -0.4 is 0 Å². The van der Waals surface area contributed by atoms with Gasteiger partial charge in [-0.2, -0.15) is 0 Å². The van der Waals surface area contributed by atoms with Crippen LogP contribution in [0.2, 0.25) is 0 Å². The predicted octanol–water partition coefficient (Wildman–Crippen LogP) is 15.1. The highest BCUT2D eigenvalue weighted by Crippen LogP contribution is 2.44. The molecule has 0 spiro atoms. The molecular formula is C36H48I2S4. The van der Waals surface area contributed by atoms with Crippen molar-refractivity contribution in [1.82, 2.24) is 0 Å². The Morgan fingerprint density at radius 3 is 1.10 bits per heavy atom. The van der Waals surface area contributed by atoms with E-state index in [0.717, 1.165) is 0 Å². The molecule has 0 atom stereocenters. The molecule has 0 bridgehead atoms. The number of unbranched alkanes of at least 4 members (excludes halogenated alkanes) is 14. The van der Waals surface area contributed by atoms with E-state index in [1.807, 2.05) is 45.3 Å². The molecule has 0 amide bonds. The molecule has 0 nitrogen and oxygen atoms in total. The van der Waals surface area contributed by atoms with Gasteiger partial charge in [-0.15, -0.1) is 45.3 Å². The Balaban J connectivity index is 1.23. The first-order valence-electron chi connectivity index (χ1n) is 16.3. The van der Waals surface area contributed by atoms with E-state index >= 15 is 0 Å². The van der Waals surface area contributed by atoms with Gasteiger partial charge in [-0.05, 0) is 106 Å². The topological polar surface area (TPSA) is 0 Å². The van der Waals surface area contributed by atoms with Crippen LogP contribution in [0.15, 0.2) is 47.2 Å². The third kappa shape index (κ3) is 11.9. The fourth-order valence-corrected chi connectivity index (χ4v) is 11.0. The zero-order chi connectivity index (χ0) is 29.2. The molecule has 0 aliphatic rings. The number of rotatable bonds is 23. The summed E-state index contributed by atoms with van der Waals surface area (Å²) in [6.07, 6.45) is 24.8. The van der Waals surface area contributed by atoms with E-state index in [1.165, 1.54) is 154 Å². The van der Waals surface area contributed by atoms with Gasteiger partial charge in [0.25, 0.3) is 0 Å². The van der Waals surface area contributed by atoms with E-state index in [4.69, 9.17) is 0 Å². The maximum atomic E-state index is 2.50. The van der Waals surface area contributed by atoms with Crippen molar-refractivity contribution >= 4 is 90.5 Å². The van der Waals surface area contributed by atoms with Crippen molar-refractivity contribution in [1.29, 1.82) is 0 Å². The minimum Gasteiger partial charge on any atom is -0.143 e. The number of hydrogen-bond donors (Lipinski definition) is 0. The van der Waals surface area contributed by atoms with Crippen LogP contribution in [0.3, 0.4) is 0 Å². The number of alkyl halides is 2. The molecule has 42 heavy (non-hydrogen) atoms. The third-order valence-corrected chi connectivity index (χ3v) is 14.2. The Bertz CT molecular complexity index is 1150. The number of aryl methyl sites for hydroxylation is 2. The first kappa shape index (κ1) is 35.1. The molecule has 230 valence electrons. The van der Waals surface area contributed by atoms with Crippen LogP contribution in [0.4, 0.5) is 0 Å². The average Bonchev–Trinajstić information content (AvgIpc) is 3.82. The fraction of sp³-hybridized carbons (Fsp3) is 0.556. The maximum absolute atomic E-state index is 2.50. The fourth-order valence-electron chi connectivity index (χ4n) is 5.62. The molecule has 4 aromatic heterocycles. The predicted molar refractivity (Wildman–Crippen MR) is 213 cm³/mol. The van der Waals surface area contributed by atoms with E-state index in [0.29, 0.717) is 0 Å². The van der Waals surface area contributed by atoms with Crippen LogP contribution in [-0.2, 0) is 12.8 Å². The standard InChI is InChI=1S/C36H48I2S4/c37-25-15-11-7-3-1-5-9-13-17-29-23-27-39-35(29)33-21-19-31(41-33)32-20-22-34(42-32)36-30(24-28-40-36)18-14-10-6-2-4-8-12-16-26-38/h19-24,27-28H,1-18,25-26H2. The van der Waals surface area contributed by atoms with Gasteiger partial charge in [-0.1, -0.05) is 122 Å². The Kier molecular flexibility index (Phi) is 17.7. The lowest BCUT2D eigenvalue weighted by Crippen LogP contribution is -1.86. The van der Waals surface area contributed by atoms with Crippen LogP contribution in [0.25, 0.3) is 29.3 Å². The average molecular weight is 863 g/mol. The molecule has 0 unspecified atom stereocenters. The van der Waals surface area contributed by atoms with Crippen LogP contribution in [0.1, 0.15) is 114 Å². The van der Waals surface area contributed by atoms with Crippen molar-refractivity contribution in [3.05, 3.63) is 58.3 Å². The Hall–Kier alpha value is 0.260. The molecule has 4 rings (SSSR count). The SMILES string of the molecule is ICCCCCCCCCCc1ccsc1-c1ccc(-c2ccc(-c3sccc3CCCCCCCCCCI)s2)s1. The minimum atomic E-state index is 1.23. The molecule has 0 radical (unpaired) electrons. The van der Waals surface area contributed by atoms with Crippen molar-refractivity contribution < 1.29 is 0 Å². The lowest BCUT2D eigenvalue weighted by Gasteiger charge is -2.04. The van der Waals surface area contributed by atoms with E-state index in [9.17, 15) is 0 Å². The Morgan fingerprint density at radius 2 is 0.714 bits per heavy atom. The van der Waals surface area contributed by atoms with Crippen LogP contribution in [0.5, 0.6) is 0 Å². The summed E-state index contributed by atoms with van der Waals surface area (Å²) in [5.41, 5.74) is 3.11. The second kappa shape index (κ2) is 21.1. The van der Waals surface area contributed by atoms with Crippen molar-refractivity contribution in [3.63, 3.8) is 0 Å². The molecule has 0 aliphatic carbocycles. The summed E-state index contributed by atoms with van der Waals surface area (Å²) in [7, 11) is 0. The molecule has 4 heterocycles. The molecule has 0 fully saturated rings. The third-order valence-electron chi connectivity index (χ3n) is 8.06. The largest absolute Gasteiger partial charge is 0.143 e. The van der Waals surface area contributed by atoms with Crippen molar-refractivity contribution in [3.8, 4) is 29.3 Å². The molecule has 0 N–H and O–H groups in total. The Labute approximate surface area is 299 Å². The second-order valence-electron chi connectivity index (χ2n) is 11.4. The van der Waals surface area contributed by atoms with E-state index < -0.39 is 0 Å². The number of thiophene rings is 4. The molecular weight excluding hydrogens is 814 g/mol. The van der Waals surface area contributed by atoms with E-state index in [-0.39, 0.29) is 0 Å². The maximum Gasteiger partial charge on any atom is 0.0474 e. The van der Waals surface area contributed by atoms with Gasteiger partial charge >= 0.3 is 0 Å². The molecule has 0 saturated carbocycles. The van der Waals surface area contributed by atoms with Gasteiger partial charge in [0.15, 0.2) is 0 Å². The highest BCUT2D eigenvalue weighted by Gasteiger charge is 2.14. The first-order valence-corrected chi connectivity index (χ1v) is 22.7. The van der Waals surface area contributed by atoms with Gasteiger partial charge in [-0.3, -0.25) is 0 Å². The summed E-state index contributed by atoms with van der Waals surface area (Å²) in [6.45, 7) is 0. The highest BCUT2D eigenvalue weighted by molar-refractivity contribution is 14.1. The van der Waals surface area contributed by atoms with Crippen molar-refractivity contribution in [2.75, 3.05) is 8.86 Å². The molecule has 0 saturated heterocycles. The zero-order valence-electron chi connectivity index (χ0n) is 25.1. The van der Waals surface area contributed by atoms with E-state index in [1.54, 1.807) is 11.1 Å². The summed E-state index contributed by atoms with van der Waals surface area (Å²) in [4.78, 5) is 8.73. The molecule has 0 aromatic carbocycles. The van der Waals surface area contributed by atoms with Crippen molar-refractivity contribution in [2.24, 2.45) is 0 Å². The summed E-state index contributed by atoms with van der Waals surface area (Å²) < 4.78 is 2.63. The molecule has 0 aliphatic heterocycles. The van der Waals surface area contributed by atoms with Gasteiger partial charge in [0.05, 0.1) is 0 Å². The summed E-state index contributed by atoms with van der Waals surface area (Å²) in [6, 6.07) is 14.2. The summed E-state index contributed by atoms with van der Waals surface area (Å²) in [5, 5.41) is 4.60.